The number of hydrogen-bond donors (Lipinski definition) is 1. The van der Waals surface area contributed by atoms with Gasteiger partial charge in [-0.05, 0) is 24.6 Å². The molecule has 0 radical (unpaired) electrons. The molecule has 0 unspecified atom stereocenters. The number of rotatable bonds is 5. The second-order valence-electron chi connectivity index (χ2n) is 4.65. The largest absolute Gasteiger partial charge is 0.497 e. The Labute approximate surface area is 128 Å². The van der Waals surface area contributed by atoms with E-state index in [1.807, 2.05) is 30.3 Å². The van der Waals surface area contributed by atoms with Crippen molar-refractivity contribution >= 4 is 17.6 Å². The molecular weight excluding hydrogens is 282 g/mol. The number of anilines is 1. The van der Waals surface area contributed by atoms with E-state index in [0.29, 0.717) is 17.0 Å². The van der Waals surface area contributed by atoms with E-state index in [4.69, 9.17) is 9.47 Å². The number of carbonyl (C=O) groups excluding carboxylic acids is 2. The molecule has 0 aliphatic heterocycles. The molecule has 5 heteroatoms. The number of nitrogens with one attached hydrogen (secondary N) is 1. The van der Waals surface area contributed by atoms with E-state index in [0.717, 1.165) is 5.56 Å². The van der Waals surface area contributed by atoms with Crippen LogP contribution in [0.3, 0.4) is 0 Å². The number of methoxy groups -OCH3 is 1. The summed E-state index contributed by atoms with van der Waals surface area (Å²) in [5, 5.41) is 2.57. The van der Waals surface area contributed by atoms with Gasteiger partial charge in [0, 0.05) is 11.6 Å². The third-order valence-electron chi connectivity index (χ3n) is 3.06. The Hall–Kier alpha value is -2.82. The summed E-state index contributed by atoms with van der Waals surface area (Å²) in [5.41, 5.74) is 1.65. The van der Waals surface area contributed by atoms with Crippen LogP contribution in [-0.4, -0.2) is 19.0 Å². The van der Waals surface area contributed by atoms with Crippen molar-refractivity contribution in [2.45, 2.75) is 13.5 Å². The maximum absolute atomic E-state index is 11.9. The van der Waals surface area contributed by atoms with Gasteiger partial charge in [0.05, 0.1) is 12.8 Å². The molecular formula is C17H17NO4. The molecule has 0 heterocycles. The highest BCUT2D eigenvalue weighted by atomic mass is 16.5. The van der Waals surface area contributed by atoms with Crippen LogP contribution in [0.5, 0.6) is 5.75 Å². The topological polar surface area (TPSA) is 64.6 Å². The first kappa shape index (κ1) is 15.6. The Morgan fingerprint density at radius 1 is 1.09 bits per heavy atom. The van der Waals surface area contributed by atoms with Crippen molar-refractivity contribution in [2.75, 3.05) is 12.4 Å². The number of carbonyl (C=O) groups is 2. The molecule has 0 saturated carbocycles. The van der Waals surface area contributed by atoms with E-state index in [9.17, 15) is 9.59 Å². The summed E-state index contributed by atoms with van der Waals surface area (Å²) in [6, 6.07) is 14.2. The standard InChI is InChI=1S/C17H17NO4/c1-12(19)15-9-8-14(21-2)10-16(15)18-17(20)22-11-13-6-4-3-5-7-13/h3-10H,11H2,1-2H3,(H,18,20). The van der Waals surface area contributed by atoms with E-state index in [-0.39, 0.29) is 12.4 Å². The van der Waals surface area contributed by atoms with Crippen LogP contribution in [0, 0.1) is 0 Å². The van der Waals surface area contributed by atoms with Crippen LogP contribution in [0.15, 0.2) is 48.5 Å². The monoisotopic (exact) mass is 299 g/mol. The van der Waals surface area contributed by atoms with Gasteiger partial charge < -0.3 is 9.47 Å². The number of ketones is 1. The van der Waals surface area contributed by atoms with E-state index < -0.39 is 6.09 Å². The summed E-state index contributed by atoms with van der Waals surface area (Å²) in [6.45, 7) is 1.59. The molecule has 1 amide bonds. The lowest BCUT2D eigenvalue weighted by molar-refractivity contribution is 0.101. The van der Waals surface area contributed by atoms with Crippen molar-refractivity contribution in [1.29, 1.82) is 0 Å². The minimum Gasteiger partial charge on any atom is -0.497 e. The highest BCUT2D eigenvalue weighted by Crippen LogP contribution is 2.23. The summed E-state index contributed by atoms with van der Waals surface area (Å²) in [4.78, 5) is 23.5. The zero-order valence-electron chi connectivity index (χ0n) is 12.5. The summed E-state index contributed by atoms with van der Waals surface area (Å²) >= 11 is 0. The van der Waals surface area contributed by atoms with Crippen LogP contribution in [0.25, 0.3) is 0 Å². The highest BCUT2D eigenvalue weighted by Gasteiger charge is 2.12. The number of ether oxygens (including phenoxy) is 2. The molecule has 2 aromatic carbocycles. The summed E-state index contributed by atoms with van der Waals surface area (Å²) in [5.74, 6) is 0.393. The molecule has 0 bridgehead atoms. The minimum absolute atomic E-state index is 0.152. The Morgan fingerprint density at radius 3 is 2.45 bits per heavy atom. The van der Waals surface area contributed by atoms with Crippen LogP contribution < -0.4 is 10.1 Å². The second-order valence-corrected chi connectivity index (χ2v) is 4.65. The van der Waals surface area contributed by atoms with Crippen LogP contribution in [-0.2, 0) is 11.3 Å². The normalized spacial score (nSPS) is 9.91. The first-order chi connectivity index (χ1) is 10.6. The number of hydrogen-bond acceptors (Lipinski definition) is 4. The molecule has 22 heavy (non-hydrogen) atoms. The highest BCUT2D eigenvalue weighted by molar-refractivity contribution is 6.02. The molecule has 2 aromatic rings. The fraction of sp³-hybridized carbons (Fsp3) is 0.176. The quantitative estimate of drug-likeness (QED) is 0.856. The Morgan fingerprint density at radius 2 is 1.82 bits per heavy atom. The molecule has 0 fully saturated rings. The number of benzene rings is 2. The van der Waals surface area contributed by atoms with E-state index >= 15 is 0 Å². The van der Waals surface area contributed by atoms with Crippen LogP contribution in [0.4, 0.5) is 10.5 Å². The molecule has 0 aromatic heterocycles. The van der Waals surface area contributed by atoms with Gasteiger partial charge in [0.15, 0.2) is 5.78 Å². The van der Waals surface area contributed by atoms with Gasteiger partial charge in [0.25, 0.3) is 0 Å². The molecule has 114 valence electrons. The van der Waals surface area contributed by atoms with E-state index in [1.165, 1.54) is 14.0 Å². The molecule has 5 nitrogen and oxygen atoms in total. The van der Waals surface area contributed by atoms with Gasteiger partial charge in [-0.15, -0.1) is 0 Å². The lowest BCUT2D eigenvalue weighted by Gasteiger charge is -2.11. The minimum atomic E-state index is -0.625. The molecule has 0 aliphatic rings. The first-order valence-corrected chi connectivity index (χ1v) is 6.77. The molecule has 0 saturated heterocycles. The third kappa shape index (κ3) is 4.09. The number of Topliss-reactive ketones (excluding diaryl/α,β-unsaturated/α-hetero) is 1. The van der Waals surface area contributed by atoms with Gasteiger partial charge in [-0.1, -0.05) is 30.3 Å². The first-order valence-electron chi connectivity index (χ1n) is 6.77. The third-order valence-corrected chi connectivity index (χ3v) is 3.06. The molecule has 0 atom stereocenters. The second kappa shape index (κ2) is 7.26. The van der Waals surface area contributed by atoms with Crippen LogP contribution in [0.2, 0.25) is 0 Å². The molecule has 1 N–H and O–H groups in total. The summed E-state index contributed by atoms with van der Waals surface area (Å²) in [6.07, 6.45) is -0.625. The van der Waals surface area contributed by atoms with Gasteiger partial charge in [-0.25, -0.2) is 4.79 Å². The van der Waals surface area contributed by atoms with Crippen molar-refractivity contribution in [3.05, 3.63) is 59.7 Å². The molecule has 0 aliphatic carbocycles. The van der Waals surface area contributed by atoms with Gasteiger partial charge in [-0.3, -0.25) is 10.1 Å². The van der Waals surface area contributed by atoms with Crippen molar-refractivity contribution < 1.29 is 19.1 Å². The van der Waals surface area contributed by atoms with Crippen LogP contribution >= 0.6 is 0 Å². The molecule has 2 rings (SSSR count). The van der Waals surface area contributed by atoms with E-state index in [1.54, 1.807) is 18.2 Å². The zero-order valence-corrected chi connectivity index (χ0v) is 12.5. The lowest BCUT2D eigenvalue weighted by Crippen LogP contribution is -2.15. The number of amides is 1. The average molecular weight is 299 g/mol. The SMILES string of the molecule is COc1ccc(C(C)=O)c(NC(=O)OCc2ccccc2)c1. The average Bonchev–Trinajstić information content (AvgIpc) is 2.53. The van der Waals surface area contributed by atoms with Crippen molar-refractivity contribution in [1.82, 2.24) is 0 Å². The van der Waals surface area contributed by atoms with Crippen LogP contribution in [0.1, 0.15) is 22.8 Å². The fourth-order valence-corrected chi connectivity index (χ4v) is 1.93. The summed E-state index contributed by atoms with van der Waals surface area (Å²) < 4.78 is 10.2. The fourth-order valence-electron chi connectivity index (χ4n) is 1.93. The summed E-state index contributed by atoms with van der Waals surface area (Å²) in [7, 11) is 1.51. The molecule has 0 spiro atoms. The predicted molar refractivity (Wildman–Crippen MR) is 83.2 cm³/mol. The van der Waals surface area contributed by atoms with E-state index in [2.05, 4.69) is 5.32 Å². The van der Waals surface area contributed by atoms with Crippen molar-refractivity contribution in [2.24, 2.45) is 0 Å². The van der Waals surface area contributed by atoms with Gasteiger partial charge in [0.1, 0.15) is 12.4 Å². The van der Waals surface area contributed by atoms with Crippen molar-refractivity contribution in [3.63, 3.8) is 0 Å². The Kier molecular flexibility index (Phi) is 5.14. The van der Waals surface area contributed by atoms with Crippen molar-refractivity contribution in [3.8, 4) is 5.75 Å². The smallest absolute Gasteiger partial charge is 0.411 e. The zero-order chi connectivity index (χ0) is 15.9. The van der Waals surface area contributed by atoms with Gasteiger partial charge in [0.2, 0.25) is 0 Å². The van der Waals surface area contributed by atoms with Gasteiger partial charge >= 0.3 is 6.09 Å². The predicted octanol–water partition coefficient (Wildman–Crippen LogP) is 3.65. The Bertz CT molecular complexity index is 668. The maximum atomic E-state index is 11.9. The maximum Gasteiger partial charge on any atom is 0.411 e. The Balaban J connectivity index is 2.05. The van der Waals surface area contributed by atoms with Gasteiger partial charge in [-0.2, -0.15) is 0 Å². The lowest BCUT2D eigenvalue weighted by atomic mass is 10.1.